The van der Waals surface area contributed by atoms with Crippen LogP contribution in [0, 0.1) is 0 Å². The topological polar surface area (TPSA) is 143 Å². The van der Waals surface area contributed by atoms with Crippen molar-refractivity contribution in [2.75, 3.05) is 7.11 Å². The fraction of sp³-hybridized carbons (Fsp3) is 0.667. The van der Waals surface area contributed by atoms with Gasteiger partial charge in [-0.1, -0.05) is 5.21 Å². The molecule has 0 amide bonds. The van der Waals surface area contributed by atoms with Crippen LogP contribution in [0.5, 0.6) is 0 Å². The molecule has 2 aliphatic rings. The normalized spacial score (nSPS) is 29.5. The van der Waals surface area contributed by atoms with Gasteiger partial charge >= 0.3 is 12.8 Å². The smallest absolute Gasteiger partial charge is 0.398 e. The molecule has 2 fully saturated rings. The molecule has 4 heterocycles. The zero-order chi connectivity index (χ0) is 22.6. The van der Waals surface area contributed by atoms with Gasteiger partial charge in [-0.15, -0.1) is 5.10 Å². The first-order chi connectivity index (χ1) is 14.5. The Labute approximate surface area is 178 Å². The van der Waals surface area contributed by atoms with Crippen LogP contribution in [0.15, 0.2) is 28.0 Å². The Morgan fingerprint density at radius 3 is 2.55 bits per heavy atom. The van der Waals surface area contributed by atoms with Gasteiger partial charge in [0.25, 0.3) is 5.56 Å². The molecule has 0 saturated carbocycles. The van der Waals surface area contributed by atoms with E-state index in [-0.39, 0.29) is 6.54 Å². The average molecular weight is 435 g/mol. The lowest BCUT2D eigenvalue weighted by molar-refractivity contribution is -0.0566. The highest BCUT2D eigenvalue weighted by Crippen LogP contribution is 2.36. The van der Waals surface area contributed by atoms with Crippen LogP contribution in [0.2, 0.25) is 0 Å². The van der Waals surface area contributed by atoms with Crippen LogP contribution in [0.4, 0.5) is 0 Å². The van der Waals surface area contributed by atoms with Crippen molar-refractivity contribution in [1.82, 2.24) is 24.5 Å². The number of nitrogens with zero attached hydrogens (tertiary/aromatic N) is 4. The lowest BCUT2D eigenvalue weighted by Crippen LogP contribution is -2.41. The molecule has 2 N–H and O–H groups in total. The lowest BCUT2D eigenvalue weighted by Gasteiger charge is -2.32. The zero-order valence-corrected chi connectivity index (χ0v) is 18.0. The molecule has 0 aliphatic carbocycles. The van der Waals surface area contributed by atoms with Gasteiger partial charge in [0.05, 0.1) is 17.7 Å². The molecule has 12 nitrogen and oxygen atoms in total. The van der Waals surface area contributed by atoms with E-state index in [0.717, 1.165) is 0 Å². The fourth-order valence-electron chi connectivity index (χ4n) is 3.63. The Bertz CT molecular complexity index is 1050. The molecule has 0 bridgehead atoms. The number of rotatable bonds is 5. The number of aliphatic hydroxyl groups excluding tert-OH is 1. The van der Waals surface area contributed by atoms with Crippen molar-refractivity contribution in [3.8, 4) is 0 Å². The number of aromatic amines is 1. The molecule has 2 aromatic heterocycles. The first kappa shape index (κ1) is 21.9. The van der Waals surface area contributed by atoms with Gasteiger partial charge in [-0.05, 0) is 27.7 Å². The van der Waals surface area contributed by atoms with Gasteiger partial charge in [0.1, 0.15) is 23.9 Å². The highest BCUT2D eigenvalue weighted by atomic mass is 16.7. The quantitative estimate of drug-likeness (QED) is 0.531. The van der Waals surface area contributed by atoms with Crippen molar-refractivity contribution < 1.29 is 23.9 Å². The predicted molar refractivity (Wildman–Crippen MR) is 108 cm³/mol. The number of nitrogens with one attached hydrogen (secondary N) is 1. The van der Waals surface area contributed by atoms with Gasteiger partial charge < -0.3 is 23.9 Å². The molecule has 4 rings (SSSR count). The second kappa shape index (κ2) is 7.67. The van der Waals surface area contributed by atoms with Crippen molar-refractivity contribution in [2.45, 2.75) is 70.0 Å². The van der Waals surface area contributed by atoms with E-state index in [2.05, 4.69) is 15.3 Å². The van der Waals surface area contributed by atoms with Gasteiger partial charge in [-0.2, -0.15) is 0 Å². The summed E-state index contributed by atoms with van der Waals surface area (Å²) in [6.07, 6.45) is -0.543. The summed E-state index contributed by atoms with van der Waals surface area (Å²) in [4.78, 5) is 25.7. The van der Waals surface area contributed by atoms with Gasteiger partial charge in [0.15, 0.2) is 6.23 Å². The maximum Gasteiger partial charge on any atom is 0.518 e. The highest BCUT2D eigenvalue weighted by Gasteiger charge is 2.53. The summed E-state index contributed by atoms with van der Waals surface area (Å²) in [7, 11) is 0.752. The van der Waals surface area contributed by atoms with E-state index in [1.54, 1.807) is 6.20 Å². The van der Waals surface area contributed by atoms with Crippen LogP contribution in [-0.4, -0.2) is 73.4 Å². The maximum atomic E-state index is 12.2. The Morgan fingerprint density at radius 1 is 1.26 bits per heavy atom. The van der Waals surface area contributed by atoms with Crippen LogP contribution < -0.4 is 16.8 Å². The molecule has 13 heteroatoms. The summed E-state index contributed by atoms with van der Waals surface area (Å²) in [6, 6.07) is 1.20. The molecule has 0 radical (unpaired) electrons. The third kappa shape index (κ3) is 3.87. The molecule has 2 saturated heterocycles. The van der Waals surface area contributed by atoms with Gasteiger partial charge in [-0.25, -0.2) is 4.79 Å². The number of hydrogen-bond acceptors (Lipinski definition) is 9. The van der Waals surface area contributed by atoms with Gasteiger partial charge in [0, 0.05) is 25.6 Å². The third-order valence-corrected chi connectivity index (χ3v) is 6.13. The van der Waals surface area contributed by atoms with Gasteiger partial charge in [0.2, 0.25) is 0 Å². The minimum atomic E-state index is -1.04. The zero-order valence-electron chi connectivity index (χ0n) is 18.0. The molecule has 0 aromatic carbocycles. The van der Waals surface area contributed by atoms with Crippen LogP contribution in [-0.2, 0) is 25.3 Å². The maximum absolute atomic E-state index is 12.2. The second-order valence-corrected chi connectivity index (χ2v) is 8.73. The van der Waals surface area contributed by atoms with Crippen LogP contribution in [0.1, 0.15) is 33.9 Å². The van der Waals surface area contributed by atoms with Crippen LogP contribution in [0.3, 0.4) is 0 Å². The summed E-state index contributed by atoms with van der Waals surface area (Å²) in [5.41, 5.74) is -1.69. The SMILES string of the molecule is COC1C(O)C(Cn2cc(B3OC(C)(C)C(C)(C)O3)nn2)OC1n1ccc(=O)[nH]c1=O. The largest absolute Gasteiger partial charge is 0.518 e. The van der Waals surface area contributed by atoms with E-state index in [9.17, 15) is 14.7 Å². The minimum Gasteiger partial charge on any atom is -0.398 e. The number of aliphatic hydroxyl groups is 1. The van der Waals surface area contributed by atoms with E-state index >= 15 is 0 Å². The number of hydrogen-bond donors (Lipinski definition) is 2. The Morgan fingerprint density at radius 2 is 1.94 bits per heavy atom. The molecule has 2 aliphatic heterocycles. The van der Waals surface area contributed by atoms with E-state index in [0.29, 0.717) is 5.59 Å². The summed E-state index contributed by atoms with van der Waals surface area (Å²) >= 11 is 0. The van der Waals surface area contributed by atoms with E-state index in [4.69, 9.17) is 18.8 Å². The monoisotopic (exact) mass is 435 g/mol. The van der Waals surface area contributed by atoms with Crippen molar-refractivity contribution >= 4 is 12.7 Å². The van der Waals surface area contributed by atoms with E-state index in [1.807, 2.05) is 27.7 Å². The Hall–Kier alpha value is -2.32. The standard InChI is InChI=1S/C18H26BN5O7/c1-17(2)18(3,4)31-19(30-17)11-9-23(22-21-11)8-10-13(26)14(28-5)15(29-10)24-7-6-12(25)20-16(24)27/h6-7,9-10,13-15,26H,8H2,1-5H3,(H,20,25,27). The molecule has 2 aromatic rings. The molecular weight excluding hydrogens is 409 g/mol. The van der Waals surface area contributed by atoms with Crippen molar-refractivity contribution in [3.63, 3.8) is 0 Å². The third-order valence-electron chi connectivity index (χ3n) is 6.13. The number of methoxy groups -OCH3 is 1. The number of ether oxygens (including phenoxy) is 2. The summed E-state index contributed by atoms with van der Waals surface area (Å²) < 4.78 is 25.9. The highest BCUT2D eigenvalue weighted by molar-refractivity contribution is 6.61. The number of aromatic nitrogens is 5. The molecular formula is C18H26BN5O7. The van der Waals surface area contributed by atoms with Crippen LogP contribution >= 0.6 is 0 Å². The number of H-pyrrole nitrogens is 1. The lowest BCUT2D eigenvalue weighted by atomic mass is 9.86. The van der Waals surface area contributed by atoms with E-state index < -0.39 is 54.1 Å². The molecule has 4 atom stereocenters. The minimum absolute atomic E-state index is 0.155. The molecule has 4 unspecified atom stereocenters. The first-order valence-corrected chi connectivity index (χ1v) is 9.96. The predicted octanol–water partition coefficient (Wildman–Crippen LogP) is -1.60. The van der Waals surface area contributed by atoms with Gasteiger partial charge in [-0.3, -0.25) is 19.0 Å². The van der Waals surface area contributed by atoms with Crippen LogP contribution in [0.25, 0.3) is 0 Å². The van der Waals surface area contributed by atoms with Crippen molar-refractivity contribution in [2.24, 2.45) is 0 Å². The summed E-state index contributed by atoms with van der Waals surface area (Å²) in [5.74, 6) is 0. The molecule has 168 valence electrons. The van der Waals surface area contributed by atoms with E-state index in [1.165, 1.54) is 28.6 Å². The second-order valence-electron chi connectivity index (χ2n) is 8.73. The molecule has 31 heavy (non-hydrogen) atoms. The Balaban J connectivity index is 1.50. The molecule has 0 spiro atoms. The fourth-order valence-corrected chi connectivity index (χ4v) is 3.63. The summed E-state index contributed by atoms with van der Waals surface area (Å²) in [5, 5.41) is 18.9. The summed E-state index contributed by atoms with van der Waals surface area (Å²) in [6.45, 7) is 7.95. The average Bonchev–Trinajstić information content (AvgIpc) is 3.31. The van der Waals surface area contributed by atoms with Crippen molar-refractivity contribution in [1.29, 1.82) is 0 Å². The van der Waals surface area contributed by atoms with Crippen molar-refractivity contribution in [3.05, 3.63) is 39.3 Å². The Kier molecular flexibility index (Phi) is 5.42. The first-order valence-electron chi connectivity index (χ1n) is 9.96.